The molecule has 0 radical (unpaired) electrons. The quantitative estimate of drug-likeness (QED) is 0.505. The van der Waals surface area contributed by atoms with E-state index in [0.717, 1.165) is 34.7 Å². The van der Waals surface area contributed by atoms with Gasteiger partial charge in [-0.05, 0) is 37.1 Å². The lowest BCUT2D eigenvalue weighted by Gasteiger charge is -2.15. The van der Waals surface area contributed by atoms with E-state index in [9.17, 15) is 4.79 Å². The van der Waals surface area contributed by atoms with E-state index in [1.807, 2.05) is 36.4 Å². The summed E-state index contributed by atoms with van der Waals surface area (Å²) in [5, 5.41) is 3.13. The van der Waals surface area contributed by atoms with E-state index in [-0.39, 0.29) is 5.78 Å². The fourth-order valence-electron chi connectivity index (χ4n) is 2.37. The zero-order valence-corrected chi connectivity index (χ0v) is 14.2. The van der Waals surface area contributed by atoms with Crippen LogP contribution < -0.4 is 4.74 Å². The van der Waals surface area contributed by atoms with Crippen molar-refractivity contribution in [3.63, 3.8) is 0 Å². The molecule has 2 nitrogen and oxygen atoms in total. The summed E-state index contributed by atoms with van der Waals surface area (Å²) in [6.07, 6.45) is 2.13. The van der Waals surface area contributed by atoms with Gasteiger partial charge >= 0.3 is 0 Å². The van der Waals surface area contributed by atoms with Crippen molar-refractivity contribution in [1.82, 2.24) is 0 Å². The first kappa shape index (κ1) is 16.0. The molecule has 2 aromatic rings. The molecular weight excluding hydrogens is 328 g/mol. The van der Waals surface area contributed by atoms with Crippen molar-refractivity contribution in [2.75, 3.05) is 11.9 Å². The Morgan fingerprint density at radius 2 is 1.95 bits per heavy atom. The average molecular weight is 349 g/mol. The van der Waals surface area contributed by atoms with Crippen molar-refractivity contribution in [1.29, 1.82) is 0 Å². The van der Waals surface area contributed by atoms with Gasteiger partial charge in [-0.3, -0.25) is 4.79 Å². The second-order valence-corrected chi connectivity index (χ2v) is 6.23. The first-order chi connectivity index (χ1) is 10.1. The molecule has 1 unspecified atom stereocenters. The number of benzene rings is 2. The van der Waals surface area contributed by atoms with E-state index in [2.05, 4.69) is 22.9 Å². The van der Waals surface area contributed by atoms with Crippen molar-refractivity contribution >= 4 is 32.5 Å². The highest BCUT2D eigenvalue weighted by Gasteiger charge is 2.13. The van der Waals surface area contributed by atoms with E-state index in [4.69, 9.17) is 4.74 Å². The summed E-state index contributed by atoms with van der Waals surface area (Å²) in [6, 6.07) is 11.9. The average Bonchev–Trinajstić information content (AvgIpc) is 2.47. The zero-order chi connectivity index (χ0) is 15.2. The number of carbonyl (C=O) groups excluding carboxylic acids is 1. The van der Waals surface area contributed by atoms with Gasteiger partial charge in [0.2, 0.25) is 0 Å². The minimum Gasteiger partial charge on any atom is -0.492 e. The van der Waals surface area contributed by atoms with Crippen molar-refractivity contribution in [3.05, 3.63) is 42.0 Å². The fourth-order valence-corrected chi connectivity index (χ4v) is 3.15. The van der Waals surface area contributed by atoms with Crippen LogP contribution in [0, 0.1) is 5.92 Å². The minimum atomic E-state index is 0.0456. The summed E-state index contributed by atoms with van der Waals surface area (Å²) in [4.78, 5) is 11.8. The molecule has 0 aliphatic rings. The summed E-state index contributed by atoms with van der Waals surface area (Å²) in [5.74, 6) is 1.39. The lowest BCUT2D eigenvalue weighted by Crippen LogP contribution is -2.07. The van der Waals surface area contributed by atoms with Crippen LogP contribution in [0.2, 0.25) is 0 Å². The third-order valence-corrected chi connectivity index (χ3v) is 4.18. The van der Waals surface area contributed by atoms with Crippen molar-refractivity contribution in [3.8, 4) is 5.75 Å². The highest BCUT2D eigenvalue weighted by Crippen LogP contribution is 2.30. The normalized spacial score (nSPS) is 12.3. The molecule has 0 heterocycles. The minimum absolute atomic E-state index is 0.0456. The van der Waals surface area contributed by atoms with Gasteiger partial charge in [-0.25, -0.2) is 0 Å². The number of ether oxygens (including phenoxy) is 1. The predicted octanol–water partition coefficient (Wildman–Crippen LogP) is 5.23. The molecule has 0 N–H and O–H groups in total. The highest BCUT2D eigenvalue weighted by molar-refractivity contribution is 9.09. The van der Waals surface area contributed by atoms with Crippen LogP contribution in [0.1, 0.15) is 37.0 Å². The molecule has 0 saturated carbocycles. The Labute approximate surface area is 134 Å². The first-order valence-electron chi connectivity index (χ1n) is 7.35. The number of hydrogen-bond acceptors (Lipinski definition) is 2. The molecule has 0 aromatic heterocycles. The second kappa shape index (κ2) is 7.60. The lowest BCUT2D eigenvalue weighted by atomic mass is 10.0. The monoisotopic (exact) mass is 348 g/mol. The number of ketones is 1. The molecule has 3 heteroatoms. The molecule has 0 saturated heterocycles. The number of fused-ring (bicyclic) bond motifs is 1. The largest absolute Gasteiger partial charge is 0.492 e. The van der Waals surface area contributed by atoms with Crippen LogP contribution in [0.4, 0.5) is 0 Å². The van der Waals surface area contributed by atoms with E-state index in [1.165, 1.54) is 0 Å². The third-order valence-electron chi connectivity index (χ3n) is 3.72. The van der Waals surface area contributed by atoms with Gasteiger partial charge < -0.3 is 4.74 Å². The van der Waals surface area contributed by atoms with Gasteiger partial charge in [-0.1, -0.05) is 53.2 Å². The van der Waals surface area contributed by atoms with E-state index >= 15 is 0 Å². The fraction of sp³-hybridized carbons (Fsp3) is 0.389. The van der Waals surface area contributed by atoms with Crippen LogP contribution in [-0.4, -0.2) is 17.7 Å². The van der Waals surface area contributed by atoms with Gasteiger partial charge in [0.1, 0.15) is 5.75 Å². The molecule has 0 aliphatic heterocycles. The van der Waals surface area contributed by atoms with Crippen LogP contribution in [0.5, 0.6) is 5.75 Å². The van der Waals surface area contributed by atoms with E-state index in [0.29, 0.717) is 18.1 Å². The summed E-state index contributed by atoms with van der Waals surface area (Å²) in [5.41, 5.74) is 0.668. The van der Waals surface area contributed by atoms with Crippen LogP contribution in [0.15, 0.2) is 36.4 Å². The first-order valence-corrected chi connectivity index (χ1v) is 8.47. The van der Waals surface area contributed by atoms with Gasteiger partial charge in [-0.2, -0.15) is 0 Å². The Balaban J connectivity index is 2.23. The maximum Gasteiger partial charge on any atom is 0.163 e. The Hall–Kier alpha value is -1.35. The number of carbonyl (C=O) groups is 1. The van der Waals surface area contributed by atoms with Gasteiger partial charge in [0.15, 0.2) is 5.78 Å². The smallest absolute Gasteiger partial charge is 0.163 e. The van der Waals surface area contributed by atoms with Crippen molar-refractivity contribution in [2.24, 2.45) is 5.92 Å². The number of alkyl halides is 1. The maximum atomic E-state index is 11.8. The molecule has 0 bridgehead atoms. The van der Waals surface area contributed by atoms with Crippen LogP contribution in [0.25, 0.3) is 10.8 Å². The van der Waals surface area contributed by atoms with Gasteiger partial charge in [0, 0.05) is 10.7 Å². The van der Waals surface area contributed by atoms with E-state index < -0.39 is 0 Å². The van der Waals surface area contributed by atoms with Crippen molar-refractivity contribution < 1.29 is 9.53 Å². The molecule has 0 aliphatic carbocycles. The number of rotatable bonds is 7. The third kappa shape index (κ3) is 4.07. The molecule has 2 rings (SSSR count). The topological polar surface area (TPSA) is 26.3 Å². The van der Waals surface area contributed by atoms with Crippen LogP contribution in [-0.2, 0) is 0 Å². The molecular formula is C18H21BrO2. The van der Waals surface area contributed by atoms with Crippen LogP contribution in [0.3, 0.4) is 0 Å². The van der Waals surface area contributed by atoms with E-state index in [1.54, 1.807) is 6.92 Å². The Kier molecular flexibility index (Phi) is 5.80. The molecule has 1 atom stereocenters. The Morgan fingerprint density at radius 3 is 2.67 bits per heavy atom. The summed E-state index contributed by atoms with van der Waals surface area (Å²) >= 11 is 3.46. The predicted molar refractivity (Wildman–Crippen MR) is 91.6 cm³/mol. The van der Waals surface area contributed by atoms with Crippen molar-refractivity contribution in [2.45, 2.75) is 26.7 Å². The summed E-state index contributed by atoms with van der Waals surface area (Å²) in [6.45, 7) is 4.45. The highest BCUT2D eigenvalue weighted by atomic mass is 79.9. The number of Topliss-reactive ketones (excluding diaryl/α,β-unsaturated/α-hetero) is 1. The second-order valence-electron chi connectivity index (χ2n) is 5.44. The van der Waals surface area contributed by atoms with Gasteiger partial charge in [0.25, 0.3) is 0 Å². The maximum absolute atomic E-state index is 11.8. The SMILES string of the molecule is CC(=O)c1ccc2ccccc2c1OCCC(C)CCBr. The molecule has 0 amide bonds. The molecule has 2 aromatic carbocycles. The molecule has 21 heavy (non-hydrogen) atoms. The zero-order valence-electron chi connectivity index (χ0n) is 12.6. The van der Waals surface area contributed by atoms with Crippen LogP contribution >= 0.6 is 15.9 Å². The molecule has 0 fully saturated rings. The summed E-state index contributed by atoms with van der Waals surface area (Å²) < 4.78 is 5.99. The standard InChI is InChI=1S/C18H21BrO2/c1-13(9-11-19)10-12-21-18-16(14(2)20)8-7-15-5-3-4-6-17(15)18/h3-8,13H,9-12H2,1-2H3. The number of halogens is 1. The Bertz CT molecular complexity index is 622. The molecule has 112 valence electrons. The van der Waals surface area contributed by atoms with Gasteiger partial charge in [-0.15, -0.1) is 0 Å². The molecule has 0 spiro atoms. The summed E-state index contributed by atoms with van der Waals surface area (Å²) in [7, 11) is 0. The van der Waals surface area contributed by atoms with Gasteiger partial charge in [0.05, 0.1) is 12.2 Å². The number of hydrogen-bond donors (Lipinski definition) is 0. The Morgan fingerprint density at radius 1 is 1.19 bits per heavy atom. The lowest BCUT2D eigenvalue weighted by molar-refractivity contribution is 0.101.